The minimum absolute atomic E-state index is 0.0128. The number of hydrogen-bond donors (Lipinski definition) is 1. The first-order chi connectivity index (χ1) is 21.0. The van der Waals surface area contributed by atoms with Crippen LogP contribution in [0.5, 0.6) is 0 Å². The molecule has 0 atom stereocenters. The average molecular weight is 571 g/mol. The molecule has 1 aliphatic rings. The summed E-state index contributed by atoms with van der Waals surface area (Å²) < 4.78 is 2.00. The van der Waals surface area contributed by atoms with Crippen LogP contribution in [0.15, 0.2) is 91.6 Å². The van der Waals surface area contributed by atoms with Gasteiger partial charge in [-0.15, -0.1) is 0 Å². The summed E-state index contributed by atoms with van der Waals surface area (Å²) in [5.41, 5.74) is 12.6. The number of imidazole rings is 1. The van der Waals surface area contributed by atoms with Gasteiger partial charge in [-0.1, -0.05) is 44.7 Å². The quantitative estimate of drug-likeness (QED) is 0.270. The summed E-state index contributed by atoms with van der Waals surface area (Å²) in [5.74, 6) is 1.02. The van der Waals surface area contributed by atoms with E-state index < -0.39 is 0 Å². The van der Waals surface area contributed by atoms with Crippen molar-refractivity contribution in [2.24, 2.45) is 0 Å². The Morgan fingerprint density at radius 3 is 2.47 bits per heavy atom. The van der Waals surface area contributed by atoms with Crippen molar-refractivity contribution in [3.05, 3.63) is 103 Å². The molecule has 2 N–H and O–H groups in total. The molecule has 0 aliphatic carbocycles. The van der Waals surface area contributed by atoms with Crippen LogP contribution < -0.4 is 5.73 Å². The number of hydrogen-bond acceptors (Lipinski definition) is 7. The third-order valence-corrected chi connectivity index (χ3v) is 7.33. The Balaban J connectivity index is 0.00000180. The summed E-state index contributed by atoms with van der Waals surface area (Å²) in [4.78, 5) is 30.3. The second-order valence-corrected chi connectivity index (χ2v) is 9.91. The van der Waals surface area contributed by atoms with Crippen LogP contribution in [0.1, 0.15) is 25.0 Å². The van der Waals surface area contributed by atoms with Crippen molar-refractivity contribution in [2.75, 3.05) is 31.9 Å². The highest BCUT2D eigenvalue weighted by Gasteiger charge is 2.21. The van der Waals surface area contributed by atoms with Gasteiger partial charge in [-0.25, -0.2) is 15.0 Å². The van der Waals surface area contributed by atoms with Crippen LogP contribution in [0.2, 0.25) is 0 Å². The van der Waals surface area contributed by atoms with E-state index in [1.165, 1.54) is 11.6 Å². The van der Waals surface area contributed by atoms with Crippen LogP contribution in [0.3, 0.4) is 0 Å². The number of fused-ring (bicyclic) bond motifs is 1. The second-order valence-electron chi connectivity index (χ2n) is 9.91. The maximum atomic E-state index is 11.9. The largest absolute Gasteiger partial charge is 0.383 e. The number of pyridine rings is 2. The topological polar surface area (TPSA) is 117 Å². The smallest absolute Gasteiger partial charge is 0.246 e. The van der Waals surface area contributed by atoms with Gasteiger partial charge >= 0.3 is 0 Å². The molecule has 1 saturated heterocycles. The predicted octanol–water partition coefficient (Wildman–Crippen LogP) is 5.46. The molecule has 43 heavy (non-hydrogen) atoms. The molecule has 1 aliphatic heterocycles. The zero-order valence-electron chi connectivity index (χ0n) is 24.4. The normalized spacial score (nSPS) is 13.2. The fraction of sp³-hybridized carbons (Fsp3) is 0.206. The number of carbonyl (C=O) groups excluding carboxylic acids is 1. The first-order valence-corrected chi connectivity index (χ1v) is 14.4. The summed E-state index contributed by atoms with van der Waals surface area (Å²) >= 11 is 0. The molecule has 4 heterocycles. The van der Waals surface area contributed by atoms with E-state index in [4.69, 9.17) is 15.7 Å². The molecule has 0 saturated carbocycles. The standard InChI is InChI=1S/C32H28N8O.C2H6/c1-2-29(41)39-17-15-38(16-18-39)21-22-8-10-25(11-9-22)40-31(26-7-4-14-35-30(26)34)37-28-13-12-27(36-32(28)40)24-6-3-5-23(19-24)20-33;1-2/h2-14,19H,1,15-18,21H2,(H2,34,35);1-2H3. The molecule has 5 aromatic rings. The summed E-state index contributed by atoms with van der Waals surface area (Å²) in [6, 6.07) is 25.5. The fourth-order valence-corrected chi connectivity index (χ4v) is 5.16. The van der Waals surface area contributed by atoms with Crippen molar-refractivity contribution in [3.8, 4) is 34.4 Å². The van der Waals surface area contributed by atoms with Gasteiger partial charge in [0.25, 0.3) is 0 Å². The molecule has 1 amide bonds. The number of nitrogens with zero attached hydrogens (tertiary/aromatic N) is 7. The van der Waals surface area contributed by atoms with Crippen LogP contribution in [0, 0.1) is 11.3 Å². The second kappa shape index (κ2) is 13.1. The van der Waals surface area contributed by atoms with Crippen LogP contribution >= 0.6 is 0 Å². The lowest BCUT2D eigenvalue weighted by atomic mass is 10.1. The number of aromatic nitrogens is 4. The maximum Gasteiger partial charge on any atom is 0.246 e. The monoisotopic (exact) mass is 570 g/mol. The average Bonchev–Trinajstić information content (AvgIpc) is 3.45. The molecule has 3 aromatic heterocycles. The van der Waals surface area contributed by atoms with Gasteiger partial charge in [0.1, 0.15) is 11.3 Å². The Bertz CT molecular complexity index is 1790. The number of nitrogens with two attached hydrogens (primary N) is 1. The zero-order chi connectivity index (χ0) is 30.3. The van der Waals surface area contributed by atoms with Crippen molar-refractivity contribution < 1.29 is 4.79 Å². The highest BCUT2D eigenvalue weighted by Crippen LogP contribution is 2.32. The van der Waals surface area contributed by atoms with Crippen molar-refractivity contribution in [2.45, 2.75) is 20.4 Å². The number of nitrogen functional groups attached to an aromatic ring is 1. The van der Waals surface area contributed by atoms with Crippen molar-refractivity contribution in [1.82, 2.24) is 29.3 Å². The number of benzene rings is 2. The molecular formula is C34H34N8O. The Hall–Kier alpha value is -5.33. The van der Waals surface area contributed by atoms with Gasteiger partial charge in [0, 0.05) is 50.2 Å². The van der Waals surface area contributed by atoms with E-state index in [1.807, 2.05) is 65.8 Å². The third-order valence-electron chi connectivity index (χ3n) is 7.33. The van der Waals surface area contributed by atoms with Crippen LogP contribution in [-0.2, 0) is 11.3 Å². The highest BCUT2D eigenvalue weighted by atomic mass is 16.2. The minimum Gasteiger partial charge on any atom is -0.383 e. The Morgan fingerprint density at radius 2 is 1.77 bits per heavy atom. The van der Waals surface area contributed by atoms with Crippen LogP contribution in [-0.4, -0.2) is 61.4 Å². The van der Waals surface area contributed by atoms with Crippen LogP contribution in [0.25, 0.3) is 39.5 Å². The molecule has 2 aromatic carbocycles. The summed E-state index contributed by atoms with van der Waals surface area (Å²) in [7, 11) is 0. The van der Waals surface area contributed by atoms with Crippen molar-refractivity contribution >= 4 is 22.9 Å². The molecule has 216 valence electrons. The first-order valence-electron chi connectivity index (χ1n) is 14.4. The minimum atomic E-state index is -0.0128. The maximum absolute atomic E-state index is 11.9. The van der Waals surface area contributed by atoms with E-state index in [0.29, 0.717) is 35.9 Å². The highest BCUT2D eigenvalue weighted by molar-refractivity contribution is 5.87. The van der Waals surface area contributed by atoms with Gasteiger partial charge in [0.05, 0.1) is 22.9 Å². The number of rotatable bonds is 6. The summed E-state index contributed by atoms with van der Waals surface area (Å²) in [6.45, 7) is 11.4. The zero-order valence-corrected chi connectivity index (χ0v) is 24.4. The van der Waals surface area contributed by atoms with Gasteiger partial charge in [0.15, 0.2) is 11.5 Å². The SMILES string of the molecule is C=CC(=O)N1CCN(Cc2ccc(-n3c(-c4cccnc4N)nc4ccc(-c5cccc(C#N)c5)nc43)cc2)CC1.CC. The lowest BCUT2D eigenvalue weighted by Crippen LogP contribution is -2.47. The lowest BCUT2D eigenvalue weighted by Gasteiger charge is -2.34. The molecular weight excluding hydrogens is 536 g/mol. The molecule has 9 nitrogen and oxygen atoms in total. The van der Waals surface area contributed by atoms with Crippen molar-refractivity contribution in [3.63, 3.8) is 0 Å². The number of anilines is 1. The Morgan fingerprint density at radius 1 is 1.00 bits per heavy atom. The van der Waals surface area contributed by atoms with Gasteiger partial charge in [-0.2, -0.15) is 5.26 Å². The van der Waals surface area contributed by atoms with E-state index in [1.54, 1.807) is 12.3 Å². The van der Waals surface area contributed by atoms with E-state index in [9.17, 15) is 10.1 Å². The fourth-order valence-electron chi connectivity index (χ4n) is 5.16. The van der Waals surface area contributed by atoms with Crippen molar-refractivity contribution in [1.29, 1.82) is 5.26 Å². The van der Waals surface area contributed by atoms with E-state index >= 15 is 0 Å². The van der Waals surface area contributed by atoms with E-state index in [-0.39, 0.29) is 5.91 Å². The van der Waals surface area contributed by atoms with E-state index in [0.717, 1.165) is 47.7 Å². The van der Waals surface area contributed by atoms with Gasteiger partial charge in [-0.05, 0) is 60.2 Å². The van der Waals surface area contributed by atoms with Gasteiger partial charge in [0.2, 0.25) is 5.91 Å². The molecule has 0 radical (unpaired) electrons. The number of nitriles is 1. The molecule has 0 bridgehead atoms. The molecule has 0 spiro atoms. The number of carbonyl (C=O) groups is 1. The Kier molecular flexibility index (Phi) is 8.89. The molecule has 1 fully saturated rings. The number of piperazine rings is 1. The van der Waals surface area contributed by atoms with Gasteiger partial charge < -0.3 is 10.6 Å². The molecule has 6 rings (SSSR count). The summed E-state index contributed by atoms with van der Waals surface area (Å²) in [5, 5.41) is 9.37. The van der Waals surface area contributed by atoms with Crippen LogP contribution in [0.4, 0.5) is 5.82 Å². The third kappa shape index (κ3) is 6.15. The molecule has 9 heteroatoms. The lowest BCUT2D eigenvalue weighted by molar-refractivity contribution is -0.127. The van der Waals surface area contributed by atoms with Gasteiger partial charge in [-0.3, -0.25) is 14.3 Å². The first kappa shape index (κ1) is 29.2. The summed E-state index contributed by atoms with van der Waals surface area (Å²) in [6.07, 6.45) is 3.04. The van der Waals surface area contributed by atoms with E-state index in [2.05, 4.69) is 46.8 Å². The molecule has 0 unspecified atom stereocenters. The number of amides is 1. The predicted molar refractivity (Wildman–Crippen MR) is 170 cm³/mol. The Labute approximate surface area is 251 Å².